The SMILES string of the molecule is O=C(N/N=C/c1cccnc1)c1[nH]c2c(F)cccc2c1-c1ccccc1. The van der Waals surface area contributed by atoms with E-state index in [1.54, 1.807) is 30.6 Å². The Hall–Kier alpha value is -3.80. The Morgan fingerprint density at radius 2 is 1.93 bits per heavy atom. The van der Waals surface area contributed by atoms with Crippen LogP contribution in [0.25, 0.3) is 22.0 Å². The molecule has 5 nitrogen and oxygen atoms in total. The zero-order valence-electron chi connectivity index (χ0n) is 14.2. The number of amides is 1. The summed E-state index contributed by atoms with van der Waals surface area (Å²) in [6.45, 7) is 0. The normalized spacial score (nSPS) is 11.1. The van der Waals surface area contributed by atoms with Gasteiger partial charge in [0.2, 0.25) is 0 Å². The van der Waals surface area contributed by atoms with E-state index in [0.717, 1.165) is 11.1 Å². The third-order valence-electron chi connectivity index (χ3n) is 4.14. The summed E-state index contributed by atoms with van der Waals surface area (Å²) < 4.78 is 14.2. The number of nitrogens with zero attached hydrogens (tertiary/aromatic N) is 2. The number of benzene rings is 2. The number of carbonyl (C=O) groups excluding carboxylic acids is 1. The molecular formula is C21H15FN4O. The fourth-order valence-electron chi connectivity index (χ4n) is 2.93. The van der Waals surface area contributed by atoms with Crippen LogP contribution in [-0.2, 0) is 0 Å². The topological polar surface area (TPSA) is 70.1 Å². The van der Waals surface area contributed by atoms with Crippen LogP contribution in [0.3, 0.4) is 0 Å². The molecule has 1 amide bonds. The van der Waals surface area contributed by atoms with Crippen LogP contribution in [-0.4, -0.2) is 22.1 Å². The Bertz CT molecular complexity index is 1120. The van der Waals surface area contributed by atoms with E-state index in [1.165, 1.54) is 12.3 Å². The van der Waals surface area contributed by atoms with Gasteiger partial charge in [-0.25, -0.2) is 9.82 Å². The molecule has 0 radical (unpaired) electrons. The highest BCUT2D eigenvalue weighted by molar-refractivity contribution is 6.09. The fourth-order valence-corrected chi connectivity index (χ4v) is 2.93. The summed E-state index contributed by atoms with van der Waals surface area (Å²) in [6, 6.07) is 17.7. The van der Waals surface area contributed by atoms with Crippen molar-refractivity contribution in [2.24, 2.45) is 5.10 Å². The first-order valence-electron chi connectivity index (χ1n) is 8.33. The number of hydrogen-bond donors (Lipinski definition) is 2. The average molecular weight is 358 g/mol. The number of carbonyl (C=O) groups is 1. The van der Waals surface area contributed by atoms with Crippen molar-refractivity contribution in [3.8, 4) is 11.1 Å². The van der Waals surface area contributed by atoms with Crippen LogP contribution < -0.4 is 5.43 Å². The zero-order chi connectivity index (χ0) is 18.6. The van der Waals surface area contributed by atoms with Gasteiger partial charge in [0.25, 0.3) is 5.91 Å². The first kappa shape index (κ1) is 16.7. The number of halogens is 1. The molecule has 0 unspecified atom stereocenters. The van der Waals surface area contributed by atoms with Gasteiger partial charge in [-0.2, -0.15) is 5.10 Å². The summed E-state index contributed by atoms with van der Waals surface area (Å²) in [7, 11) is 0. The van der Waals surface area contributed by atoms with E-state index >= 15 is 0 Å². The summed E-state index contributed by atoms with van der Waals surface area (Å²) in [5.74, 6) is -0.868. The Labute approximate surface area is 154 Å². The maximum absolute atomic E-state index is 14.2. The first-order valence-corrected chi connectivity index (χ1v) is 8.33. The standard InChI is InChI=1S/C21H15FN4O/c22-17-10-4-9-16-18(15-7-2-1-3-8-15)20(25-19(16)17)21(27)26-24-13-14-6-5-11-23-12-14/h1-13,25H,(H,26,27)/b24-13+. The van der Waals surface area contributed by atoms with E-state index in [0.29, 0.717) is 10.9 Å². The minimum atomic E-state index is -0.454. The fraction of sp³-hybridized carbons (Fsp3) is 0. The monoisotopic (exact) mass is 358 g/mol. The number of nitrogens with one attached hydrogen (secondary N) is 2. The minimum absolute atomic E-state index is 0.254. The summed E-state index contributed by atoms with van der Waals surface area (Å²) >= 11 is 0. The van der Waals surface area contributed by atoms with Crippen LogP contribution in [0.15, 0.2) is 78.2 Å². The smallest absolute Gasteiger partial charge is 0.288 e. The van der Waals surface area contributed by atoms with E-state index in [4.69, 9.17) is 0 Å². The van der Waals surface area contributed by atoms with Gasteiger partial charge in [-0.05, 0) is 17.7 Å². The third kappa shape index (κ3) is 3.32. The molecule has 0 atom stereocenters. The lowest BCUT2D eigenvalue weighted by Gasteiger charge is -2.04. The average Bonchev–Trinajstić information content (AvgIpc) is 3.10. The van der Waals surface area contributed by atoms with Gasteiger partial charge in [0, 0.05) is 28.9 Å². The highest BCUT2D eigenvalue weighted by atomic mass is 19.1. The molecule has 0 spiro atoms. The van der Waals surface area contributed by atoms with Crippen molar-refractivity contribution < 1.29 is 9.18 Å². The highest BCUT2D eigenvalue weighted by Gasteiger charge is 2.20. The van der Waals surface area contributed by atoms with Crippen LogP contribution in [0.5, 0.6) is 0 Å². The maximum atomic E-state index is 14.2. The summed E-state index contributed by atoms with van der Waals surface area (Å²) in [5.41, 5.74) is 5.24. The van der Waals surface area contributed by atoms with Crippen molar-refractivity contribution >= 4 is 23.0 Å². The molecule has 4 aromatic rings. The van der Waals surface area contributed by atoms with Crippen molar-refractivity contribution in [1.82, 2.24) is 15.4 Å². The number of hydrazone groups is 1. The van der Waals surface area contributed by atoms with Gasteiger partial charge >= 0.3 is 0 Å². The van der Waals surface area contributed by atoms with Crippen LogP contribution in [0.1, 0.15) is 16.1 Å². The van der Waals surface area contributed by atoms with Crippen LogP contribution in [0.2, 0.25) is 0 Å². The van der Waals surface area contributed by atoms with Gasteiger partial charge < -0.3 is 4.98 Å². The first-order chi connectivity index (χ1) is 13.2. The summed E-state index contributed by atoms with van der Waals surface area (Å²) in [6.07, 6.45) is 4.78. The number of rotatable bonds is 4. The van der Waals surface area contributed by atoms with Gasteiger partial charge in [0.15, 0.2) is 0 Å². The lowest BCUT2D eigenvalue weighted by molar-refractivity contribution is 0.0951. The predicted molar refractivity (Wildman–Crippen MR) is 103 cm³/mol. The maximum Gasteiger partial charge on any atom is 0.288 e. The number of pyridine rings is 1. The molecule has 2 aromatic carbocycles. The molecule has 0 saturated carbocycles. The lowest BCUT2D eigenvalue weighted by atomic mass is 10.0. The van der Waals surface area contributed by atoms with Gasteiger partial charge in [-0.15, -0.1) is 0 Å². The number of aromatic nitrogens is 2. The van der Waals surface area contributed by atoms with Gasteiger partial charge in [-0.1, -0.05) is 48.5 Å². The summed E-state index contributed by atoms with van der Waals surface area (Å²) in [4.78, 5) is 19.6. The number of fused-ring (bicyclic) bond motifs is 1. The van der Waals surface area contributed by atoms with Crippen LogP contribution >= 0.6 is 0 Å². The Morgan fingerprint density at radius 3 is 2.70 bits per heavy atom. The van der Waals surface area contributed by atoms with E-state index in [-0.39, 0.29) is 11.2 Å². The van der Waals surface area contributed by atoms with E-state index in [1.807, 2.05) is 36.4 Å². The molecule has 2 heterocycles. The highest BCUT2D eigenvalue weighted by Crippen LogP contribution is 2.33. The minimum Gasteiger partial charge on any atom is -0.348 e. The lowest BCUT2D eigenvalue weighted by Crippen LogP contribution is -2.18. The van der Waals surface area contributed by atoms with Crippen molar-refractivity contribution in [3.05, 3.63) is 90.1 Å². The third-order valence-corrected chi connectivity index (χ3v) is 4.14. The van der Waals surface area contributed by atoms with Gasteiger partial charge in [0.05, 0.1) is 11.7 Å². The van der Waals surface area contributed by atoms with Gasteiger partial charge in [-0.3, -0.25) is 9.78 Å². The molecule has 27 heavy (non-hydrogen) atoms. The second-order valence-electron chi connectivity index (χ2n) is 5.89. The number of aromatic amines is 1. The van der Waals surface area contributed by atoms with Crippen molar-refractivity contribution in [1.29, 1.82) is 0 Å². The second-order valence-corrected chi connectivity index (χ2v) is 5.89. The van der Waals surface area contributed by atoms with Crippen molar-refractivity contribution in [2.45, 2.75) is 0 Å². The Balaban J connectivity index is 1.73. The molecule has 132 valence electrons. The summed E-state index contributed by atoms with van der Waals surface area (Å²) in [5, 5.41) is 4.61. The van der Waals surface area contributed by atoms with E-state index in [9.17, 15) is 9.18 Å². The Kier molecular flexibility index (Phi) is 4.45. The molecule has 0 fully saturated rings. The molecule has 0 aliphatic carbocycles. The number of para-hydroxylation sites is 1. The molecule has 0 aliphatic rings. The van der Waals surface area contributed by atoms with Crippen molar-refractivity contribution in [3.63, 3.8) is 0 Å². The van der Waals surface area contributed by atoms with E-state index in [2.05, 4.69) is 20.5 Å². The molecule has 0 aliphatic heterocycles. The number of H-pyrrole nitrogens is 1. The molecule has 0 saturated heterocycles. The molecule has 6 heteroatoms. The quantitative estimate of drug-likeness (QED) is 0.425. The van der Waals surface area contributed by atoms with Crippen LogP contribution in [0, 0.1) is 5.82 Å². The largest absolute Gasteiger partial charge is 0.348 e. The van der Waals surface area contributed by atoms with Crippen molar-refractivity contribution in [2.75, 3.05) is 0 Å². The molecule has 0 bridgehead atoms. The predicted octanol–water partition coefficient (Wildman–Crippen LogP) is 4.13. The van der Waals surface area contributed by atoms with Crippen LogP contribution in [0.4, 0.5) is 4.39 Å². The molecular weight excluding hydrogens is 343 g/mol. The second kappa shape index (κ2) is 7.21. The van der Waals surface area contributed by atoms with E-state index < -0.39 is 11.7 Å². The molecule has 2 N–H and O–H groups in total. The number of hydrogen-bond acceptors (Lipinski definition) is 3. The zero-order valence-corrected chi connectivity index (χ0v) is 14.2. The molecule has 2 aromatic heterocycles. The molecule has 4 rings (SSSR count). The van der Waals surface area contributed by atoms with Gasteiger partial charge in [0.1, 0.15) is 11.5 Å². The Morgan fingerprint density at radius 1 is 1.07 bits per heavy atom.